The smallest absolute Gasteiger partial charge is 0.260 e. The molecule has 0 saturated carbocycles. The zero-order valence-electron chi connectivity index (χ0n) is 8.87. The van der Waals surface area contributed by atoms with Gasteiger partial charge in [0.15, 0.2) is 0 Å². The highest BCUT2D eigenvalue weighted by Gasteiger charge is 2.08. The van der Waals surface area contributed by atoms with Crippen molar-refractivity contribution in [3.05, 3.63) is 58.8 Å². The quantitative estimate of drug-likeness (QED) is 0.822. The van der Waals surface area contributed by atoms with Crippen molar-refractivity contribution in [1.29, 1.82) is 0 Å². The maximum Gasteiger partial charge on any atom is 0.260 e. The molecule has 82 valence electrons. The summed E-state index contributed by atoms with van der Waals surface area (Å²) in [5.41, 5.74) is 0.854. The van der Waals surface area contributed by atoms with E-state index in [0.717, 1.165) is 0 Å². The molecule has 2 aromatic rings. The summed E-state index contributed by atoms with van der Waals surface area (Å²) in [5.74, 6) is 0. The van der Waals surface area contributed by atoms with Gasteiger partial charge in [0.1, 0.15) is 0 Å². The fraction of sp³-hybridized carbons (Fsp3) is 0.167. The number of aliphatic hydroxyl groups is 1. The summed E-state index contributed by atoms with van der Waals surface area (Å²) in [5, 5.41) is 9.45. The standard InChI is InChI=1S/C12H12N2O2/c1-9(15)11-5-3-7-14(12(11)16)10-4-2-6-13-8-10/h2-9,15H,1H3. The Labute approximate surface area is 92.8 Å². The van der Waals surface area contributed by atoms with Gasteiger partial charge in [0.25, 0.3) is 5.56 Å². The molecule has 1 unspecified atom stereocenters. The van der Waals surface area contributed by atoms with Crippen LogP contribution in [0.5, 0.6) is 0 Å². The van der Waals surface area contributed by atoms with Gasteiger partial charge in [0, 0.05) is 18.0 Å². The zero-order valence-corrected chi connectivity index (χ0v) is 8.87. The molecule has 0 fully saturated rings. The van der Waals surface area contributed by atoms with Gasteiger partial charge in [0.2, 0.25) is 0 Å². The minimum Gasteiger partial charge on any atom is -0.388 e. The average molecular weight is 216 g/mol. The van der Waals surface area contributed by atoms with E-state index in [1.54, 1.807) is 49.8 Å². The molecule has 0 radical (unpaired) electrons. The molecule has 2 rings (SSSR count). The monoisotopic (exact) mass is 216 g/mol. The first kappa shape index (κ1) is 10.6. The van der Waals surface area contributed by atoms with Crippen molar-refractivity contribution in [2.24, 2.45) is 0 Å². The maximum absolute atomic E-state index is 12.0. The molecule has 2 aromatic heterocycles. The van der Waals surface area contributed by atoms with Crippen molar-refractivity contribution in [3.8, 4) is 5.69 Å². The van der Waals surface area contributed by atoms with Gasteiger partial charge in [-0.15, -0.1) is 0 Å². The predicted molar refractivity (Wildman–Crippen MR) is 60.5 cm³/mol. The Hall–Kier alpha value is -1.94. The molecular formula is C12H12N2O2. The summed E-state index contributed by atoms with van der Waals surface area (Å²) in [4.78, 5) is 15.9. The van der Waals surface area contributed by atoms with Gasteiger partial charge in [-0.25, -0.2) is 0 Å². The van der Waals surface area contributed by atoms with E-state index in [4.69, 9.17) is 0 Å². The van der Waals surface area contributed by atoms with E-state index in [2.05, 4.69) is 4.98 Å². The van der Waals surface area contributed by atoms with E-state index < -0.39 is 6.10 Å². The summed E-state index contributed by atoms with van der Waals surface area (Å²) >= 11 is 0. The van der Waals surface area contributed by atoms with Crippen LogP contribution in [0, 0.1) is 0 Å². The second-order valence-corrected chi connectivity index (χ2v) is 3.53. The Kier molecular flexibility index (Phi) is 2.83. The van der Waals surface area contributed by atoms with E-state index in [0.29, 0.717) is 11.3 Å². The van der Waals surface area contributed by atoms with Crippen molar-refractivity contribution in [2.75, 3.05) is 0 Å². The molecule has 16 heavy (non-hydrogen) atoms. The largest absolute Gasteiger partial charge is 0.388 e. The third-order valence-electron chi connectivity index (χ3n) is 2.35. The number of nitrogens with zero attached hydrogens (tertiary/aromatic N) is 2. The highest BCUT2D eigenvalue weighted by Crippen LogP contribution is 2.08. The van der Waals surface area contributed by atoms with Crippen molar-refractivity contribution in [2.45, 2.75) is 13.0 Å². The third kappa shape index (κ3) is 1.87. The topological polar surface area (TPSA) is 55.1 Å². The summed E-state index contributed by atoms with van der Waals surface area (Å²) in [6, 6.07) is 6.91. The third-order valence-corrected chi connectivity index (χ3v) is 2.35. The first-order chi connectivity index (χ1) is 7.70. The molecule has 0 aromatic carbocycles. The van der Waals surface area contributed by atoms with Crippen LogP contribution < -0.4 is 5.56 Å². The number of aromatic nitrogens is 2. The van der Waals surface area contributed by atoms with Gasteiger partial charge < -0.3 is 5.11 Å². The Bertz CT molecular complexity index is 532. The van der Waals surface area contributed by atoms with Crippen LogP contribution in [0.4, 0.5) is 0 Å². The van der Waals surface area contributed by atoms with Gasteiger partial charge in [-0.2, -0.15) is 0 Å². The lowest BCUT2D eigenvalue weighted by molar-refractivity contribution is 0.197. The Balaban J connectivity index is 2.60. The number of hydrogen-bond donors (Lipinski definition) is 1. The molecule has 1 atom stereocenters. The van der Waals surface area contributed by atoms with Crippen LogP contribution in [0.3, 0.4) is 0 Å². The zero-order chi connectivity index (χ0) is 11.5. The second kappa shape index (κ2) is 4.28. The Morgan fingerprint density at radius 3 is 2.81 bits per heavy atom. The van der Waals surface area contributed by atoms with Crippen molar-refractivity contribution >= 4 is 0 Å². The minimum absolute atomic E-state index is 0.217. The molecule has 2 heterocycles. The van der Waals surface area contributed by atoms with Crippen LogP contribution in [0.25, 0.3) is 5.69 Å². The van der Waals surface area contributed by atoms with E-state index in [1.165, 1.54) is 4.57 Å². The average Bonchev–Trinajstić information content (AvgIpc) is 2.30. The number of hydrogen-bond acceptors (Lipinski definition) is 3. The van der Waals surface area contributed by atoms with Gasteiger partial charge in [0.05, 0.1) is 18.0 Å². The SMILES string of the molecule is CC(O)c1cccn(-c2cccnc2)c1=O. The lowest BCUT2D eigenvalue weighted by Crippen LogP contribution is -2.22. The summed E-state index contributed by atoms with van der Waals surface area (Å²) < 4.78 is 1.47. The van der Waals surface area contributed by atoms with Crippen LogP contribution in [0.2, 0.25) is 0 Å². The molecule has 0 aliphatic heterocycles. The second-order valence-electron chi connectivity index (χ2n) is 3.53. The van der Waals surface area contributed by atoms with Crippen LogP contribution in [-0.4, -0.2) is 14.7 Å². The van der Waals surface area contributed by atoms with Gasteiger partial charge in [-0.3, -0.25) is 14.3 Å². The summed E-state index contributed by atoms with van der Waals surface area (Å²) in [7, 11) is 0. The molecular weight excluding hydrogens is 204 g/mol. The fourth-order valence-electron chi connectivity index (χ4n) is 1.53. The van der Waals surface area contributed by atoms with Crippen LogP contribution in [0.1, 0.15) is 18.6 Å². The lowest BCUT2D eigenvalue weighted by Gasteiger charge is -2.08. The minimum atomic E-state index is -0.767. The van der Waals surface area contributed by atoms with E-state index in [-0.39, 0.29) is 5.56 Å². The number of rotatable bonds is 2. The molecule has 0 bridgehead atoms. The van der Waals surface area contributed by atoms with Crippen LogP contribution in [0.15, 0.2) is 47.7 Å². The van der Waals surface area contributed by atoms with Gasteiger partial charge in [-0.05, 0) is 31.2 Å². The Morgan fingerprint density at radius 1 is 1.38 bits per heavy atom. The first-order valence-electron chi connectivity index (χ1n) is 5.00. The normalized spacial score (nSPS) is 12.4. The molecule has 0 aliphatic carbocycles. The molecule has 1 N–H and O–H groups in total. The Morgan fingerprint density at radius 2 is 2.19 bits per heavy atom. The molecule has 0 aliphatic rings. The molecule has 4 heteroatoms. The van der Waals surface area contributed by atoms with Gasteiger partial charge >= 0.3 is 0 Å². The molecule has 0 spiro atoms. The highest BCUT2D eigenvalue weighted by molar-refractivity contribution is 5.30. The maximum atomic E-state index is 12.0. The van der Waals surface area contributed by atoms with Crippen LogP contribution >= 0.6 is 0 Å². The molecule has 4 nitrogen and oxygen atoms in total. The van der Waals surface area contributed by atoms with Crippen molar-refractivity contribution < 1.29 is 5.11 Å². The predicted octanol–water partition coefficient (Wildman–Crippen LogP) is 1.29. The van der Waals surface area contributed by atoms with Crippen molar-refractivity contribution in [1.82, 2.24) is 9.55 Å². The summed E-state index contributed by atoms with van der Waals surface area (Å²) in [6.07, 6.45) is 4.14. The van der Waals surface area contributed by atoms with E-state index in [9.17, 15) is 9.90 Å². The van der Waals surface area contributed by atoms with Gasteiger partial charge in [-0.1, -0.05) is 0 Å². The van der Waals surface area contributed by atoms with E-state index >= 15 is 0 Å². The first-order valence-corrected chi connectivity index (χ1v) is 5.00. The van der Waals surface area contributed by atoms with Crippen LogP contribution in [-0.2, 0) is 0 Å². The molecule has 0 saturated heterocycles. The summed E-state index contributed by atoms with van der Waals surface area (Å²) in [6.45, 7) is 1.57. The fourth-order valence-corrected chi connectivity index (χ4v) is 1.53. The number of pyridine rings is 2. The van der Waals surface area contributed by atoms with Crippen molar-refractivity contribution in [3.63, 3.8) is 0 Å². The van der Waals surface area contributed by atoms with E-state index in [1.807, 2.05) is 0 Å². The number of aliphatic hydroxyl groups excluding tert-OH is 1. The molecule has 0 amide bonds. The highest BCUT2D eigenvalue weighted by atomic mass is 16.3. The lowest BCUT2D eigenvalue weighted by atomic mass is 10.2.